The van der Waals surface area contributed by atoms with E-state index in [1.54, 1.807) is 6.20 Å². The highest BCUT2D eigenvalue weighted by Crippen LogP contribution is 2.08. The molecular weight excluding hydrogens is 232 g/mol. The summed E-state index contributed by atoms with van der Waals surface area (Å²) in [5, 5.41) is 0. The number of aryl methyl sites for hydroxylation is 1. The van der Waals surface area contributed by atoms with Crippen molar-refractivity contribution in [3.8, 4) is 0 Å². The van der Waals surface area contributed by atoms with Gasteiger partial charge >= 0.3 is 0 Å². The van der Waals surface area contributed by atoms with E-state index >= 15 is 0 Å². The maximum absolute atomic E-state index is 10.4. The second-order valence-electron chi connectivity index (χ2n) is 2.81. The molecule has 0 radical (unpaired) electrons. The molecule has 0 aliphatic carbocycles. The van der Waals surface area contributed by atoms with Crippen molar-refractivity contribution in [1.82, 2.24) is 4.98 Å². The Hall–Kier alpha value is -0.900. The predicted octanol–water partition coefficient (Wildman–Crippen LogP) is 1.65. The van der Waals surface area contributed by atoms with Crippen LogP contribution in [0.2, 0.25) is 0 Å². The first-order valence-electron chi connectivity index (χ1n) is 4.07. The standard InChI is InChI=1S/C9H11BrN2O/c10-8-5-4-7(6-12-8)2-1-3-9(11)13/h4-6H,1-3H2,(H2,11,13). The van der Waals surface area contributed by atoms with Crippen molar-refractivity contribution in [3.05, 3.63) is 28.5 Å². The van der Waals surface area contributed by atoms with Gasteiger partial charge in [-0.25, -0.2) is 4.98 Å². The molecule has 0 fully saturated rings. The van der Waals surface area contributed by atoms with Gasteiger partial charge in [0.15, 0.2) is 0 Å². The van der Waals surface area contributed by atoms with Gasteiger partial charge in [-0.05, 0) is 40.4 Å². The SMILES string of the molecule is NC(=O)CCCc1ccc(Br)nc1. The smallest absolute Gasteiger partial charge is 0.217 e. The van der Waals surface area contributed by atoms with Crippen LogP contribution in [0.1, 0.15) is 18.4 Å². The molecule has 0 saturated carbocycles. The van der Waals surface area contributed by atoms with E-state index in [-0.39, 0.29) is 5.91 Å². The van der Waals surface area contributed by atoms with E-state index in [4.69, 9.17) is 5.73 Å². The van der Waals surface area contributed by atoms with Crippen LogP contribution in [-0.4, -0.2) is 10.9 Å². The molecular formula is C9H11BrN2O. The van der Waals surface area contributed by atoms with Crippen molar-refractivity contribution in [2.75, 3.05) is 0 Å². The van der Waals surface area contributed by atoms with Crippen LogP contribution in [0.15, 0.2) is 22.9 Å². The van der Waals surface area contributed by atoms with Gasteiger partial charge in [0, 0.05) is 12.6 Å². The molecule has 0 aliphatic rings. The molecule has 0 aromatic carbocycles. The van der Waals surface area contributed by atoms with Gasteiger partial charge < -0.3 is 5.73 Å². The molecule has 0 unspecified atom stereocenters. The number of carbonyl (C=O) groups is 1. The number of nitrogens with two attached hydrogens (primary N) is 1. The third-order valence-electron chi connectivity index (χ3n) is 1.68. The van der Waals surface area contributed by atoms with Crippen LogP contribution in [0.5, 0.6) is 0 Å². The van der Waals surface area contributed by atoms with E-state index in [0.717, 1.165) is 23.0 Å². The van der Waals surface area contributed by atoms with Gasteiger partial charge in [-0.2, -0.15) is 0 Å². The number of pyridine rings is 1. The third-order valence-corrected chi connectivity index (χ3v) is 2.15. The first-order valence-corrected chi connectivity index (χ1v) is 4.86. The largest absolute Gasteiger partial charge is 0.370 e. The van der Waals surface area contributed by atoms with E-state index in [0.29, 0.717) is 6.42 Å². The molecule has 0 aliphatic heterocycles. The summed E-state index contributed by atoms with van der Waals surface area (Å²) in [6.45, 7) is 0. The highest BCUT2D eigenvalue weighted by Gasteiger charge is 1.97. The van der Waals surface area contributed by atoms with Crippen molar-refractivity contribution < 1.29 is 4.79 Å². The summed E-state index contributed by atoms with van der Waals surface area (Å²) in [4.78, 5) is 14.5. The van der Waals surface area contributed by atoms with E-state index < -0.39 is 0 Å². The van der Waals surface area contributed by atoms with E-state index in [2.05, 4.69) is 20.9 Å². The molecule has 1 amide bonds. The molecule has 13 heavy (non-hydrogen) atoms. The molecule has 0 spiro atoms. The first kappa shape index (κ1) is 10.2. The highest BCUT2D eigenvalue weighted by molar-refractivity contribution is 9.10. The molecule has 0 atom stereocenters. The second-order valence-corrected chi connectivity index (χ2v) is 3.62. The Bertz CT molecular complexity index is 284. The summed E-state index contributed by atoms with van der Waals surface area (Å²) in [6, 6.07) is 3.87. The number of primary amides is 1. The van der Waals surface area contributed by atoms with E-state index in [1.807, 2.05) is 12.1 Å². The lowest BCUT2D eigenvalue weighted by Crippen LogP contribution is -2.10. The summed E-state index contributed by atoms with van der Waals surface area (Å²) in [7, 11) is 0. The fourth-order valence-electron chi connectivity index (χ4n) is 1.02. The Balaban J connectivity index is 2.37. The molecule has 4 heteroatoms. The number of carbonyl (C=O) groups excluding carboxylic acids is 1. The number of nitrogens with zero attached hydrogens (tertiary/aromatic N) is 1. The highest BCUT2D eigenvalue weighted by atomic mass is 79.9. The maximum Gasteiger partial charge on any atom is 0.217 e. The third kappa shape index (κ3) is 4.03. The van der Waals surface area contributed by atoms with Crippen molar-refractivity contribution in [2.45, 2.75) is 19.3 Å². The summed E-state index contributed by atoms with van der Waals surface area (Å²) in [5.74, 6) is -0.245. The number of hydrogen-bond acceptors (Lipinski definition) is 2. The summed E-state index contributed by atoms with van der Waals surface area (Å²) < 4.78 is 0.825. The van der Waals surface area contributed by atoms with Crippen LogP contribution in [0.4, 0.5) is 0 Å². The molecule has 1 heterocycles. The minimum Gasteiger partial charge on any atom is -0.370 e. The number of halogens is 1. The van der Waals surface area contributed by atoms with Crippen LogP contribution >= 0.6 is 15.9 Å². The number of aromatic nitrogens is 1. The van der Waals surface area contributed by atoms with Crippen LogP contribution in [0, 0.1) is 0 Å². The lowest BCUT2D eigenvalue weighted by Gasteiger charge is -1.98. The Kier molecular flexibility index (Phi) is 3.89. The van der Waals surface area contributed by atoms with Crippen LogP contribution in [0.3, 0.4) is 0 Å². The molecule has 0 bridgehead atoms. The zero-order valence-electron chi connectivity index (χ0n) is 7.16. The maximum atomic E-state index is 10.4. The first-order chi connectivity index (χ1) is 6.18. The normalized spacial score (nSPS) is 9.92. The predicted molar refractivity (Wildman–Crippen MR) is 54.1 cm³/mol. The Morgan fingerprint density at radius 2 is 2.31 bits per heavy atom. The summed E-state index contributed by atoms with van der Waals surface area (Å²) in [6.07, 6.45) is 3.88. The zero-order chi connectivity index (χ0) is 9.68. The average molecular weight is 243 g/mol. The summed E-state index contributed by atoms with van der Waals surface area (Å²) in [5.41, 5.74) is 6.15. The van der Waals surface area contributed by atoms with E-state index in [1.165, 1.54) is 0 Å². The fraction of sp³-hybridized carbons (Fsp3) is 0.333. The zero-order valence-corrected chi connectivity index (χ0v) is 8.75. The number of hydrogen-bond donors (Lipinski definition) is 1. The Labute approximate surface area is 85.5 Å². The molecule has 1 aromatic heterocycles. The lowest BCUT2D eigenvalue weighted by atomic mass is 10.1. The minimum absolute atomic E-state index is 0.245. The van der Waals surface area contributed by atoms with E-state index in [9.17, 15) is 4.79 Å². The van der Waals surface area contributed by atoms with Crippen molar-refractivity contribution >= 4 is 21.8 Å². The van der Waals surface area contributed by atoms with Gasteiger partial charge in [-0.15, -0.1) is 0 Å². The van der Waals surface area contributed by atoms with Gasteiger partial charge in [0.2, 0.25) is 5.91 Å². The molecule has 0 saturated heterocycles. The van der Waals surface area contributed by atoms with Crippen LogP contribution in [0.25, 0.3) is 0 Å². The Morgan fingerprint density at radius 1 is 1.54 bits per heavy atom. The molecule has 2 N–H and O–H groups in total. The molecule has 70 valence electrons. The number of amides is 1. The molecule has 1 rings (SSSR count). The van der Waals surface area contributed by atoms with Crippen LogP contribution in [-0.2, 0) is 11.2 Å². The van der Waals surface area contributed by atoms with Gasteiger partial charge in [-0.1, -0.05) is 6.07 Å². The second kappa shape index (κ2) is 4.97. The van der Waals surface area contributed by atoms with Crippen molar-refractivity contribution in [3.63, 3.8) is 0 Å². The molecule has 1 aromatic rings. The quantitative estimate of drug-likeness (QED) is 0.817. The van der Waals surface area contributed by atoms with Gasteiger partial charge in [-0.3, -0.25) is 4.79 Å². The fourth-order valence-corrected chi connectivity index (χ4v) is 1.26. The number of rotatable bonds is 4. The topological polar surface area (TPSA) is 56.0 Å². The molecule has 3 nitrogen and oxygen atoms in total. The lowest BCUT2D eigenvalue weighted by molar-refractivity contribution is -0.118. The Morgan fingerprint density at radius 3 is 2.85 bits per heavy atom. The van der Waals surface area contributed by atoms with Crippen molar-refractivity contribution in [2.24, 2.45) is 5.73 Å². The van der Waals surface area contributed by atoms with Gasteiger partial charge in [0.05, 0.1) is 0 Å². The summed E-state index contributed by atoms with van der Waals surface area (Å²) >= 11 is 3.25. The van der Waals surface area contributed by atoms with Gasteiger partial charge in [0.1, 0.15) is 4.60 Å². The monoisotopic (exact) mass is 242 g/mol. The average Bonchev–Trinajstić information content (AvgIpc) is 2.08. The van der Waals surface area contributed by atoms with Crippen molar-refractivity contribution in [1.29, 1.82) is 0 Å². The minimum atomic E-state index is -0.245. The van der Waals surface area contributed by atoms with Crippen LogP contribution < -0.4 is 5.73 Å². The van der Waals surface area contributed by atoms with Gasteiger partial charge in [0.25, 0.3) is 0 Å².